The summed E-state index contributed by atoms with van der Waals surface area (Å²) in [6.45, 7) is 7.34. The lowest BCUT2D eigenvalue weighted by molar-refractivity contribution is -0.0893. The van der Waals surface area contributed by atoms with Crippen molar-refractivity contribution in [2.75, 3.05) is 0 Å². The molecule has 0 aliphatic carbocycles. The SMILES string of the molecule is CC(C)(O)C(C)(C)OBc1ccc2c(c1)oc1cccc(-c3nc4ccc5ccccc5c4s3)c12. The number of hydrogen-bond acceptors (Lipinski definition) is 5. The Bertz CT molecular complexity index is 1730. The monoisotopic (exact) mass is 479 g/mol. The van der Waals surface area contributed by atoms with E-state index in [1.54, 1.807) is 25.2 Å². The second-order valence-electron chi connectivity index (χ2n) is 10.1. The first kappa shape index (κ1) is 22.3. The maximum atomic E-state index is 10.4. The lowest BCUT2D eigenvalue weighted by Gasteiger charge is -2.37. The lowest BCUT2D eigenvalue weighted by atomic mass is 9.82. The topological polar surface area (TPSA) is 55.5 Å². The largest absolute Gasteiger partial charge is 0.456 e. The minimum atomic E-state index is -0.950. The van der Waals surface area contributed by atoms with E-state index in [2.05, 4.69) is 54.6 Å². The van der Waals surface area contributed by atoms with Crippen molar-refractivity contribution in [2.24, 2.45) is 0 Å². The molecule has 6 heteroatoms. The Morgan fingerprint density at radius 3 is 2.54 bits per heavy atom. The second kappa shape index (κ2) is 7.92. The maximum Gasteiger partial charge on any atom is 0.309 e. The minimum Gasteiger partial charge on any atom is -0.456 e. The van der Waals surface area contributed by atoms with Gasteiger partial charge in [-0.1, -0.05) is 54.6 Å². The molecule has 0 unspecified atom stereocenters. The molecular formula is C29H26BNO3S. The van der Waals surface area contributed by atoms with Gasteiger partial charge >= 0.3 is 7.48 Å². The molecule has 6 aromatic rings. The van der Waals surface area contributed by atoms with Gasteiger partial charge in [0.25, 0.3) is 0 Å². The first-order valence-electron chi connectivity index (χ1n) is 11.8. The Labute approximate surface area is 208 Å². The first-order chi connectivity index (χ1) is 16.7. The molecule has 1 N–H and O–H groups in total. The molecule has 0 spiro atoms. The van der Waals surface area contributed by atoms with Gasteiger partial charge in [0.15, 0.2) is 0 Å². The summed E-state index contributed by atoms with van der Waals surface area (Å²) in [5, 5.41) is 16.0. The molecule has 174 valence electrons. The maximum absolute atomic E-state index is 10.4. The zero-order valence-electron chi connectivity index (χ0n) is 20.3. The van der Waals surface area contributed by atoms with Crippen LogP contribution in [0.15, 0.2) is 77.2 Å². The number of aliphatic hydroxyl groups is 1. The molecule has 0 bridgehead atoms. The minimum absolute atomic E-state index is 0.391. The molecule has 35 heavy (non-hydrogen) atoms. The number of benzene rings is 4. The van der Waals surface area contributed by atoms with E-state index in [4.69, 9.17) is 14.1 Å². The lowest BCUT2D eigenvalue weighted by Crippen LogP contribution is -2.49. The average molecular weight is 479 g/mol. The third-order valence-electron chi connectivity index (χ3n) is 7.14. The number of aromatic nitrogens is 1. The van der Waals surface area contributed by atoms with Gasteiger partial charge in [-0.3, -0.25) is 0 Å². The fraction of sp³-hybridized carbons (Fsp3) is 0.207. The zero-order valence-corrected chi connectivity index (χ0v) is 21.1. The smallest absolute Gasteiger partial charge is 0.309 e. The van der Waals surface area contributed by atoms with E-state index in [9.17, 15) is 5.11 Å². The van der Waals surface area contributed by atoms with Crippen molar-refractivity contribution in [3.63, 3.8) is 0 Å². The highest BCUT2D eigenvalue weighted by Crippen LogP contribution is 2.40. The molecular weight excluding hydrogens is 453 g/mol. The van der Waals surface area contributed by atoms with E-state index in [-0.39, 0.29) is 0 Å². The van der Waals surface area contributed by atoms with Crippen LogP contribution >= 0.6 is 11.3 Å². The molecule has 0 aliphatic rings. The summed E-state index contributed by atoms with van der Waals surface area (Å²) in [5.41, 5.74) is 3.13. The Morgan fingerprint density at radius 1 is 0.886 bits per heavy atom. The molecule has 2 heterocycles. The van der Waals surface area contributed by atoms with Gasteiger partial charge in [0, 0.05) is 21.7 Å². The highest BCUT2D eigenvalue weighted by atomic mass is 32.1. The molecule has 0 atom stereocenters. The Kier molecular flexibility index (Phi) is 5.04. The molecule has 0 saturated heterocycles. The van der Waals surface area contributed by atoms with Crippen molar-refractivity contribution in [3.8, 4) is 10.6 Å². The highest BCUT2D eigenvalue weighted by Gasteiger charge is 2.35. The number of nitrogens with zero attached hydrogens (tertiary/aromatic N) is 1. The van der Waals surface area contributed by atoms with Crippen LogP contribution in [0.3, 0.4) is 0 Å². The fourth-order valence-electron chi connectivity index (χ4n) is 4.35. The van der Waals surface area contributed by atoms with Gasteiger partial charge in [-0.2, -0.15) is 0 Å². The quantitative estimate of drug-likeness (QED) is 0.285. The predicted octanol–water partition coefficient (Wildman–Crippen LogP) is 6.56. The van der Waals surface area contributed by atoms with Crippen molar-refractivity contribution in [2.45, 2.75) is 38.9 Å². The summed E-state index contributed by atoms with van der Waals surface area (Å²) in [4.78, 5) is 5.00. The molecule has 0 aliphatic heterocycles. The zero-order chi connectivity index (χ0) is 24.4. The average Bonchev–Trinajstić information content (AvgIpc) is 3.43. The van der Waals surface area contributed by atoms with E-state index < -0.39 is 11.2 Å². The summed E-state index contributed by atoms with van der Waals surface area (Å²) in [5.74, 6) is 0. The number of hydrogen-bond donors (Lipinski definition) is 1. The Morgan fingerprint density at radius 2 is 1.71 bits per heavy atom. The number of thiazole rings is 1. The van der Waals surface area contributed by atoms with Crippen LogP contribution in [-0.4, -0.2) is 28.8 Å². The van der Waals surface area contributed by atoms with Gasteiger partial charge in [-0.15, -0.1) is 11.3 Å². The molecule has 0 radical (unpaired) electrons. The number of furan rings is 1. The van der Waals surface area contributed by atoms with E-state index in [0.29, 0.717) is 7.48 Å². The molecule has 4 nitrogen and oxygen atoms in total. The first-order valence-corrected chi connectivity index (χ1v) is 12.6. The molecule has 2 aromatic heterocycles. The van der Waals surface area contributed by atoms with Gasteiger partial charge in [0.2, 0.25) is 0 Å². The molecule has 0 fully saturated rings. The van der Waals surface area contributed by atoms with Crippen molar-refractivity contribution in [1.82, 2.24) is 4.98 Å². The summed E-state index contributed by atoms with van der Waals surface area (Å²) in [6.07, 6.45) is 0. The predicted molar refractivity (Wildman–Crippen MR) is 148 cm³/mol. The standard InChI is InChI=1S/C29H26BNO3S/c1-28(2,32)29(3,4)34-30-18-13-14-20-24(16-18)33-23-11-7-10-21(25(20)23)27-31-22-15-12-17-8-5-6-9-19(17)26(22)35-27/h5-16,30,32H,1-4H3. The van der Waals surface area contributed by atoms with Crippen LogP contribution in [0.25, 0.3) is 53.5 Å². The summed E-state index contributed by atoms with van der Waals surface area (Å²) in [7, 11) is 0.391. The van der Waals surface area contributed by atoms with Crippen molar-refractivity contribution < 1.29 is 14.2 Å². The third-order valence-corrected chi connectivity index (χ3v) is 8.28. The van der Waals surface area contributed by atoms with Gasteiger partial charge in [-0.05, 0) is 56.7 Å². The van der Waals surface area contributed by atoms with Crippen LogP contribution in [0.4, 0.5) is 0 Å². The van der Waals surface area contributed by atoms with E-state index in [1.165, 1.54) is 15.5 Å². The van der Waals surface area contributed by atoms with Crippen LogP contribution in [-0.2, 0) is 4.65 Å². The van der Waals surface area contributed by atoms with Crippen molar-refractivity contribution in [1.29, 1.82) is 0 Å². The van der Waals surface area contributed by atoms with Crippen molar-refractivity contribution >= 4 is 67.2 Å². The van der Waals surface area contributed by atoms with Crippen LogP contribution in [0, 0.1) is 0 Å². The highest BCUT2D eigenvalue weighted by molar-refractivity contribution is 7.22. The Balaban J connectivity index is 1.44. The van der Waals surface area contributed by atoms with Gasteiger partial charge < -0.3 is 14.2 Å². The van der Waals surface area contributed by atoms with Crippen molar-refractivity contribution in [3.05, 3.63) is 72.8 Å². The third kappa shape index (κ3) is 3.73. The van der Waals surface area contributed by atoms with Crippen LogP contribution in [0.2, 0.25) is 0 Å². The van der Waals surface area contributed by atoms with Crippen LogP contribution in [0.1, 0.15) is 27.7 Å². The second-order valence-corrected chi connectivity index (χ2v) is 11.1. The summed E-state index contributed by atoms with van der Waals surface area (Å²) >= 11 is 1.73. The normalized spacial score (nSPS) is 12.8. The molecule has 4 aromatic carbocycles. The molecule has 6 rings (SSSR count). The van der Waals surface area contributed by atoms with Crippen LogP contribution in [0.5, 0.6) is 0 Å². The Hall–Kier alpha value is -3.19. The van der Waals surface area contributed by atoms with E-state index >= 15 is 0 Å². The van der Waals surface area contributed by atoms with E-state index in [0.717, 1.165) is 43.5 Å². The summed E-state index contributed by atoms with van der Waals surface area (Å²) < 4.78 is 13.5. The van der Waals surface area contributed by atoms with Gasteiger partial charge in [-0.25, -0.2) is 4.98 Å². The van der Waals surface area contributed by atoms with E-state index in [1.807, 2.05) is 32.0 Å². The van der Waals surface area contributed by atoms with Gasteiger partial charge in [0.05, 0.1) is 21.4 Å². The summed E-state index contributed by atoms with van der Waals surface area (Å²) in [6, 6.07) is 25.1. The molecule has 0 saturated carbocycles. The fourth-order valence-corrected chi connectivity index (χ4v) is 5.48. The van der Waals surface area contributed by atoms with Crippen LogP contribution < -0.4 is 5.46 Å². The van der Waals surface area contributed by atoms with Gasteiger partial charge in [0.1, 0.15) is 16.2 Å². The number of rotatable bonds is 5. The number of fused-ring (bicyclic) bond motifs is 6. The molecule has 0 amide bonds.